The fraction of sp³-hybridized carbons (Fsp3) is 0.444. The van der Waals surface area contributed by atoms with Gasteiger partial charge in [-0.2, -0.15) is 0 Å². The van der Waals surface area contributed by atoms with Gasteiger partial charge in [0.15, 0.2) is 0 Å². The Labute approximate surface area is 137 Å². The van der Waals surface area contributed by atoms with Crippen molar-refractivity contribution in [2.45, 2.75) is 38.1 Å². The Bertz CT molecular complexity index is 551. The standard InChI is InChI=1S/C18H25N3O2/c1-2-11-19-13-17(22)20-16-10-6-7-14(12-16)18(23)21-15-8-4-3-5-9-15/h2,6-7,10,12,15,19H,1,3-5,8-9,11,13H2,(H,20,22)(H,21,23). The maximum Gasteiger partial charge on any atom is 0.251 e. The van der Waals surface area contributed by atoms with E-state index >= 15 is 0 Å². The lowest BCUT2D eigenvalue weighted by molar-refractivity contribution is -0.115. The number of anilines is 1. The van der Waals surface area contributed by atoms with Crippen LogP contribution in [0, 0.1) is 0 Å². The molecule has 0 aromatic heterocycles. The summed E-state index contributed by atoms with van der Waals surface area (Å²) in [4.78, 5) is 24.1. The van der Waals surface area contributed by atoms with Gasteiger partial charge < -0.3 is 16.0 Å². The molecule has 5 heteroatoms. The predicted molar refractivity (Wildman–Crippen MR) is 92.5 cm³/mol. The number of rotatable bonds is 7. The highest BCUT2D eigenvalue weighted by Gasteiger charge is 2.16. The minimum Gasteiger partial charge on any atom is -0.349 e. The number of benzene rings is 1. The van der Waals surface area contributed by atoms with Gasteiger partial charge in [-0.25, -0.2) is 0 Å². The van der Waals surface area contributed by atoms with Crippen LogP contribution in [0.5, 0.6) is 0 Å². The van der Waals surface area contributed by atoms with Crippen molar-refractivity contribution in [2.24, 2.45) is 0 Å². The third kappa shape index (κ3) is 5.87. The Morgan fingerprint density at radius 3 is 2.74 bits per heavy atom. The van der Waals surface area contributed by atoms with E-state index in [0.29, 0.717) is 17.8 Å². The molecule has 0 heterocycles. The lowest BCUT2D eigenvalue weighted by Crippen LogP contribution is -2.36. The molecule has 0 unspecified atom stereocenters. The van der Waals surface area contributed by atoms with Crippen molar-refractivity contribution >= 4 is 17.5 Å². The molecule has 0 saturated heterocycles. The molecule has 124 valence electrons. The van der Waals surface area contributed by atoms with Crippen molar-refractivity contribution in [3.63, 3.8) is 0 Å². The van der Waals surface area contributed by atoms with Gasteiger partial charge in [-0.05, 0) is 31.0 Å². The Hall–Kier alpha value is -2.14. The molecule has 2 rings (SSSR count). The first kappa shape index (κ1) is 17.2. The van der Waals surface area contributed by atoms with Crippen LogP contribution in [0.3, 0.4) is 0 Å². The summed E-state index contributed by atoms with van der Waals surface area (Å²) >= 11 is 0. The van der Waals surface area contributed by atoms with Crippen LogP contribution in [0.2, 0.25) is 0 Å². The molecule has 0 bridgehead atoms. The predicted octanol–water partition coefficient (Wildman–Crippen LogP) is 2.46. The van der Waals surface area contributed by atoms with E-state index in [1.54, 1.807) is 30.3 Å². The molecular formula is C18H25N3O2. The second-order valence-corrected chi connectivity index (χ2v) is 5.86. The summed E-state index contributed by atoms with van der Waals surface area (Å²) < 4.78 is 0. The summed E-state index contributed by atoms with van der Waals surface area (Å²) in [6.45, 7) is 4.38. The van der Waals surface area contributed by atoms with Crippen LogP contribution in [0.15, 0.2) is 36.9 Å². The molecule has 0 atom stereocenters. The normalized spacial score (nSPS) is 15.0. The van der Waals surface area contributed by atoms with Gasteiger partial charge in [-0.15, -0.1) is 6.58 Å². The van der Waals surface area contributed by atoms with Crippen LogP contribution in [0.4, 0.5) is 5.69 Å². The quantitative estimate of drug-likeness (QED) is 0.535. The minimum atomic E-state index is -0.142. The van der Waals surface area contributed by atoms with Crippen LogP contribution in [-0.4, -0.2) is 30.9 Å². The summed E-state index contributed by atoms with van der Waals surface area (Å²) in [5.41, 5.74) is 1.21. The van der Waals surface area contributed by atoms with E-state index in [4.69, 9.17) is 0 Å². The summed E-state index contributed by atoms with van der Waals surface area (Å²) in [5.74, 6) is -0.213. The van der Waals surface area contributed by atoms with Crippen LogP contribution >= 0.6 is 0 Å². The number of hydrogen-bond donors (Lipinski definition) is 3. The molecule has 1 aromatic rings. The average molecular weight is 315 g/mol. The molecule has 0 spiro atoms. The van der Waals surface area contributed by atoms with Crippen LogP contribution in [0.1, 0.15) is 42.5 Å². The third-order valence-electron chi connectivity index (χ3n) is 3.92. The molecule has 2 amide bonds. The highest BCUT2D eigenvalue weighted by Crippen LogP contribution is 2.18. The zero-order chi connectivity index (χ0) is 16.5. The fourth-order valence-electron chi connectivity index (χ4n) is 2.75. The Morgan fingerprint density at radius 1 is 1.22 bits per heavy atom. The van der Waals surface area contributed by atoms with Gasteiger partial charge >= 0.3 is 0 Å². The van der Waals surface area contributed by atoms with Crippen molar-refractivity contribution in [3.8, 4) is 0 Å². The molecule has 3 N–H and O–H groups in total. The largest absolute Gasteiger partial charge is 0.349 e. The first-order chi connectivity index (χ1) is 11.2. The van der Waals surface area contributed by atoms with Crippen molar-refractivity contribution in [3.05, 3.63) is 42.5 Å². The molecule has 1 saturated carbocycles. The Balaban J connectivity index is 1.89. The molecule has 1 fully saturated rings. The van der Waals surface area contributed by atoms with Crippen molar-refractivity contribution < 1.29 is 9.59 Å². The number of amides is 2. The molecule has 1 aliphatic carbocycles. The highest BCUT2D eigenvalue weighted by atomic mass is 16.2. The first-order valence-corrected chi connectivity index (χ1v) is 8.21. The monoisotopic (exact) mass is 315 g/mol. The van der Waals surface area contributed by atoms with E-state index < -0.39 is 0 Å². The molecule has 1 aromatic carbocycles. The molecule has 1 aliphatic rings. The molecule has 5 nitrogen and oxygen atoms in total. The van der Waals surface area contributed by atoms with E-state index in [9.17, 15) is 9.59 Å². The molecule has 23 heavy (non-hydrogen) atoms. The van der Waals surface area contributed by atoms with Gasteiger partial charge in [0.2, 0.25) is 5.91 Å². The number of carbonyl (C=O) groups is 2. The minimum absolute atomic E-state index is 0.0715. The van der Waals surface area contributed by atoms with E-state index in [1.807, 2.05) is 0 Å². The van der Waals surface area contributed by atoms with E-state index in [1.165, 1.54) is 19.3 Å². The molecular weight excluding hydrogens is 290 g/mol. The summed E-state index contributed by atoms with van der Waals surface area (Å²) in [6, 6.07) is 7.32. The van der Waals surface area contributed by atoms with Crippen molar-refractivity contribution in [1.82, 2.24) is 10.6 Å². The summed E-state index contributed by atoms with van der Waals surface area (Å²) in [5, 5.41) is 8.80. The topological polar surface area (TPSA) is 70.2 Å². The maximum absolute atomic E-state index is 12.3. The zero-order valence-corrected chi connectivity index (χ0v) is 13.4. The van der Waals surface area contributed by atoms with Crippen LogP contribution < -0.4 is 16.0 Å². The van der Waals surface area contributed by atoms with Crippen LogP contribution in [0.25, 0.3) is 0 Å². The van der Waals surface area contributed by atoms with E-state index in [-0.39, 0.29) is 24.4 Å². The molecule has 0 radical (unpaired) electrons. The Morgan fingerprint density at radius 2 is 2.00 bits per heavy atom. The fourth-order valence-corrected chi connectivity index (χ4v) is 2.75. The Kier molecular flexibility index (Phi) is 6.81. The third-order valence-corrected chi connectivity index (χ3v) is 3.92. The molecule has 0 aliphatic heterocycles. The number of hydrogen-bond acceptors (Lipinski definition) is 3. The average Bonchev–Trinajstić information content (AvgIpc) is 2.56. The van der Waals surface area contributed by atoms with E-state index in [2.05, 4.69) is 22.5 Å². The lowest BCUT2D eigenvalue weighted by atomic mass is 9.95. The van der Waals surface area contributed by atoms with Gasteiger partial charge in [-0.1, -0.05) is 31.4 Å². The summed E-state index contributed by atoms with van der Waals surface area (Å²) in [7, 11) is 0. The highest BCUT2D eigenvalue weighted by molar-refractivity contribution is 5.97. The number of carbonyl (C=O) groups excluding carboxylic acids is 2. The lowest BCUT2D eigenvalue weighted by Gasteiger charge is -2.22. The van der Waals surface area contributed by atoms with Crippen LogP contribution in [-0.2, 0) is 4.79 Å². The van der Waals surface area contributed by atoms with E-state index in [0.717, 1.165) is 12.8 Å². The second kappa shape index (κ2) is 9.10. The second-order valence-electron chi connectivity index (χ2n) is 5.86. The smallest absolute Gasteiger partial charge is 0.251 e. The van der Waals surface area contributed by atoms with Gasteiger partial charge in [-0.3, -0.25) is 9.59 Å². The van der Waals surface area contributed by atoms with Gasteiger partial charge in [0, 0.05) is 23.8 Å². The summed E-state index contributed by atoms with van der Waals surface area (Å²) in [6.07, 6.45) is 7.42. The maximum atomic E-state index is 12.3. The van der Waals surface area contributed by atoms with Gasteiger partial charge in [0.25, 0.3) is 5.91 Å². The first-order valence-electron chi connectivity index (χ1n) is 8.21. The van der Waals surface area contributed by atoms with Gasteiger partial charge in [0.05, 0.1) is 6.54 Å². The SMILES string of the molecule is C=CCNCC(=O)Nc1cccc(C(=O)NC2CCCCC2)c1. The van der Waals surface area contributed by atoms with Crippen molar-refractivity contribution in [2.75, 3.05) is 18.4 Å². The zero-order valence-electron chi connectivity index (χ0n) is 13.4. The van der Waals surface area contributed by atoms with Gasteiger partial charge in [0.1, 0.15) is 0 Å². The van der Waals surface area contributed by atoms with Crippen molar-refractivity contribution in [1.29, 1.82) is 0 Å². The number of nitrogens with one attached hydrogen (secondary N) is 3.